The zero-order chi connectivity index (χ0) is 16.5. The minimum absolute atomic E-state index is 0.368. The van der Waals surface area contributed by atoms with Gasteiger partial charge in [-0.3, -0.25) is 9.05 Å². The molecule has 22 heavy (non-hydrogen) atoms. The van der Waals surface area contributed by atoms with Crippen molar-refractivity contribution in [3.63, 3.8) is 0 Å². The molecule has 0 atom stereocenters. The number of rotatable bonds is 17. The summed E-state index contributed by atoms with van der Waals surface area (Å²) in [5.41, 5.74) is 0. The fourth-order valence-corrected chi connectivity index (χ4v) is 3.29. The number of phosphoric ester groups is 1. The smallest absolute Gasteiger partial charge is 0.286 e. The highest BCUT2D eigenvalue weighted by Crippen LogP contribution is 2.50. The van der Waals surface area contributed by atoms with Crippen LogP contribution in [0.3, 0.4) is 0 Å². The Morgan fingerprint density at radius 3 is 1.41 bits per heavy atom. The summed E-state index contributed by atoms with van der Waals surface area (Å²) in [7, 11) is -3.56. The molecule has 0 radical (unpaired) electrons. The van der Waals surface area contributed by atoms with Gasteiger partial charge in [0.15, 0.2) is 0 Å². The van der Waals surface area contributed by atoms with E-state index in [2.05, 4.69) is 17.9 Å². The van der Waals surface area contributed by atoms with E-state index in [4.69, 9.17) is 20.9 Å². The SMILES string of the molecule is CCCCCCCCOP(=O)(OCl)OCCCCCCCC. The van der Waals surface area contributed by atoms with Gasteiger partial charge in [-0.1, -0.05) is 78.1 Å². The van der Waals surface area contributed by atoms with Crippen LogP contribution in [0, 0.1) is 0 Å². The van der Waals surface area contributed by atoms with E-state index in [0.29, 0.717) is 13.2 Å². The molecular weight excluding hydrogens is 323 g/mol. The Labute approximate surface area is 142 Å². The Balaban J connectivity index is 3.57. The van der Waals surface area contributed by atoms with Crippen LogP contribution in [0.4, 0.5) is 0 Å². The van der Waals surface area contributed by atoms with Crippen molar-refractivity contribution >= 4 is 19.7 Å². The summed E-state index contributed by atoms with van der Waals surface area (Å²) in [6.07, 6.45) is 13.7. The summed E-state index contributed by atoms with van der Waals surface area (Å²) in [6.45, 7) is 5.12. The number of unbranched alkanes of at least 4 members (excludes halogenated alkanes) is 10. The fourth-order valence-electron chi connectivity index (χ4n) is 2.19. The lowest BCUT2D eigenvalue weighted by Crippen LogP contribution is -2.00. The molecule has 134 valence electrons. The van der Waals surface area contributed by atoms with Crippen LogP contribution in [0.2, 0.25) is 0 Å². The van der Waals surface area contributed by atoms with Gasteiger partial charge in [0, 0.05) is 0 Å². The lowest BCUT2D eigenvalue weighted by molar-refractivity contribution is 0.154. The molecule has 0 bridgehead atoms. The van der Waals surface area contributed by atoms with Gasteiger partial charge < -0.3 is 0 Å². The van der Waals surface area contributed by atoms with Crippen molar-refractivity contribution < 1.29 is 17.7 Å². The molecule has 0 spiro atoms. The summed E-state index contributed by atoms with van der Waals surface area (Å²) in [4.78, 5) is 0. The second-order valence-electron chi connectivity index (χ2n) is 5.72. The topological polar surface area (TPSA) is 44.8 Å². The van der Waals surface area contributed by atoms with Gasteiger partial charge in [-0.2, -0.15) is 4.08 Å². The van der Waals surface area contributed by atoms with E-state index in [1.165, 1.54) is 51.4 Å². The Bertz CT molecular complexity index is 255. The van der Waals surface area contributed by atoms with E-state index in [1.807, 2.05) is 0 Å². The summed E-state index contributed by atoms with van der Waals surface area (Å²) >= 11 is 5.26. The predicted octanol–water partition coefficient (Wildman–Crippen LogP) is 7.02. The van der Waals surface area contributed by atoms with Gasteiger partial charge in [-0.05, 0) is 12.8 Å². The molecule has 0 saturated heterocycles. The molecule has 0 fully saturated rings. The summed E-state index contributed by atoms with van der Waals surface area (Å²) < 4.78 is 26.9. The third-order valence-corrected chi connectivity index (χ3v) is 5.25. The second kappa shape index (κ2) is 16.3. The highest BCUT2D eigenvalue weighted by atomic mass is 35.5. The standard InChI is InChI=1S/C16H34ClO4P/c1-3-5-7-9-11-13-15-19-22(18,21-17)20-16-14-12-10-8-6-4-2/h3-16H2,1-2H3. The minimum atomic E-state index is -3.56. The first-order chi connectivity index (χ1) is 10.7. The molecule has 0 unspecified atom stereocenters. The highest BCUT2D eigenvalue weighted by Gasteiger charge is 2.26. The van der Waals surface area contributed by atoms with Crippen molar-refractivity contribution in [1.29, 1.82) is 0 Å². The van der Waals surface area contributed by atoms with E-state index < -0.39 is 7.82 Å². The van der Waals surface area contributed by atoms with E-state index in [0.717, 1.165) is 25.7 Å². The molecule has 0 aromatic heterocycles. The molecule has 0 aromatic carbocycles. The van der Waals surface area contributed by atoms with Crippen molar-refractivity contribution in [2.24, 2.45) is 0 Å². The van der Waals surface area contributed by atoms with Crippen molar-refractivity contribution in [2.45, 2.75) is 90.9 Å². The van der Waals surface area contributed by atoms with Crippen molar-refractivity contribution in [2.75, 3.05) is 13.2 Å². The number of phosphoric acid groups is 1. The summed E-state index contributed by atoms with van der Waals surface area (Å²) in [5.74, 6) is 0. The van der Waals surface area contributed by atoms with Crippen LogP contribution in [0.1, 0.15) is 90.9 Å². The van der Waals surface area contributed by atoms with E-state index in [1.54, 1.807) is 0 Å². The van der Waals surface area contributed by atoms with Gasteiger partial charge >= 0.3 is 7.82 Å². The molecule has 0 aliphatic heterocycles. The first kappa shape index (κ1) is 22.4. The largest absolute Gasteiger partial charge is 0.491 e. The quantitative estimate of drug-likeness (QED) is 0.207. The van der Waals surface area contributed by atoms with Crippen LogP contribution in [0.5, 0.6) is 0 Å². The lowest BCUT2D eigenvalue weighted by Gasteiger charge is -2.14. The van der Waals surface area contributed by atoms with E-state index in [9.17, 15) is 4.57 Å². The maximum absolute atomic E-state index is 12.1. The lowest BCUT2D eigenvalue weighted by atomic mass is 10.1. The Morgan fingerprint density at radius 1 is 0.682 bits per heavy atom. The Hall–Kier alpha value is 0.400. The average Bonchev–Trinajstić information content (AvgIpc) is 2.53. The highest BCUT2D eigenvalue weighted by molar-refractivity contribution is 7.49. The van der Waals surface area contributed by atoms with Gasteiger partial charge in [-0.15, -0.1) is 0 Å². The first-order valence-electron chi connectivity index (χ1n) is 8.88. The molecular formula is C16H34ClO4P. The van der Waals surface area contributed by atoms with Gasteiger partial charge in [0.1, 0.15) is 0 Å². The Kier molecular flexibility index (Phi) is 16.6. The molecule has 0 aliphatic rings. The zero-order valence-electron chi connectivity index (χ0n) is 14.4. The van der Waals surface area contributed by atoms with Gasteiger partial charge in [0.05, 0.1) is 25.1 Å². The van der Waals surface area contributed by atoms with Crippen LogP contribution in [-0.4, -0.2) is 13.2 Å². The van der Waals surface area contributed by atoms with Crippen LogP contribution in [0.15, 0.2) is 0 Å². The minimum Gasteiger partial charge on any atom is -0.286 e. The fraction of sp³-hybridized carbons (Fsp3) is 1.00. The summed E-state index contributed by atoms with van der Waals surface area (Å²) in [5, 5.41) is 0. The maximum atomic E-state index is 12.1. The number of halogens is 1. The predicted molar refractivity (Wildman–Crippen MR) is 93.2 cm³/mol. The zero-order valence-corrected chi connectivity index (χ0v) is 16.0. The molecule has 6 heteroatoms. The van der Waals surface area contributed by atoms with Gasteiger partial charge in [-0.25, -0.2) is 4.57 Å². The van der Waals surface area contributed by atoms with Crippen LogP contribution in [-0.2, 0) is 17.7 Å². The average molecular weight is 357 g/mol. The van der Waals surface area contributed by atoms with Crippen LogP contribution < -0.4 is 0 Å². The monoisotopic (exact) mass is 356 g/mol. The molecule has 0 N–H and O–H groups in total. The second-order valence-corrected chi connectivity index (χ2v) is 7.68. The Morgan fingerprint density at radius 2 is 1.05 bits per heavy atom. The first-order valence-corrected chi connectivity index (χ1v) is 10.6. The van der Waals surface area contributed by atoms with Crippen LogP contribution in [0.25, 0.3) is 0 Å². The van der Waals surface area contributed by atoms with Crippen molar-refractivity contribution in [3.05, 3.63) is 0 Å². The third-order valence-electron chi connectivity index (χ3n) is 3.58. The molecule has 0 heterocycles. The molecule has 0 aliphatic carbocycles. The van der Waals surface area contributed by atoms with E-state index in [-0.39, 0.29) is 0 Å². The van der Waals surface area contributed by atoms with Crippen molar-refractivity contribution in [1.82, 2.24) is 0 Å². The maximum Gasteiger partial charge on any atom is 0.491 e. The molecule has 0 saturated carbocycles. The number of hydrogen-bond acceptors (Lipinski definition) is 4. The molecule has 0 amide bonds. The van der Waals surface area contributed by atoms with E-state index >= 15 is 0 Å². The van der Waals surface area contributed by atoms with Gasteiger partial charge in [0.2, 0.25) is 0 Å². The molecule has 0 rings (SSSR count). The molecule has 0 aromatic rings. The normalized spacial score (nSPS) is 12.0. The van der Waals surface area contributed by atoms with Crippen molar-refractivity contribution in [3.8, 4) is 0 Å². The van der Waals surface area contributed by atoms with Crippen LogP contribution >= 0.6 is 19.7 Å². The molecule has 4 nitrogen and oxygen atoms in total. The summed E-state index contributed by atoms with van der Waals surface area (Å²) in [6, 6.07) is 0. The van der Waals surface area contributed by atoms with Gasteiger partial charge in [0.25, 0.3) is 0 Å². The number of hydrogen-bond donors (Lipinski definition) is 0. The third kappa shape index (κ3) is 14.0.